The first kappa shape index (κ1) is 21.3. The van der Waals surface area contributed by atoms with E-state index in [1.165, 1.54) is 0 Å². The number of carboxylic acids is 2. The molecular weight excluding hydrogens is 304 g/mol. The molecule has 0 aliphatic carbocycles. The van der Waals surface area contributed by atoms with Gasteiger partial charge in [0.05, 0.1) is 12.2 Å². The third-order valence-electron chi connectivity index (χ3n) is 2.85. The second-order valence-electron chi connectivity index (χ2n) is 6.22. The molecule has 8 heteroatoms. The highest BCUT2D eigenvalue weighted by Crippen LogP contribution is 2.07. The Morgan fingerprint density at radius 3 is 2.04 bits per heavy atom. The molecule has 8 nitrogen and oxygen atoms in total. The van der Waals surface area contributed by atoms with E-state index >= 15 is 0 Å². The molecule has 1 amide bonds. The number of rotatable bonds is 7. The number of carbonyl (C=O) groups excluding carboxylic acids is 1. The normalized spacial score (nSPS) is 17.7. The summed E-state index contributed by atoms with van der Waals surface area (Å²) in [7, 11) is 0. The van der Waals surface area contributed by atoms with Crippen LogP contribution in [-0.2, 0) is 19.1 Å². The van der Waals surface area contributed by atoms with Crippen LogP contribution in [0.3, 0.4) is 0 Å². The molecule has 1 heterocycles. The van der Waals surface area contributed by atoms with E-state index in [2.05, 4.69) is 10.6 Å². The van der Waals surface area contributed by atoms with Gasteiger partial charge in [-0.2, -0.15) is 0 Å². The summed E-state index contributed by atoms with van der Waals surface area (Å²) in [5.41, 5.74) is -0.181. The average Bonchev–Trinajstić information content (AvgIpc) is 2.42. The van der Waals surface area contributed by atoms with Crippen LogP contribution in [0.5, 0.6) is 0 Å². The van der Waals surface area contributed by atoms with Gasteiger partial charge >= 0.3 is 11.9 Å². The average molecular weight is 332 g/mol. The van der Waals surface area contributed by atoms with Crippen molar-refractivity contribution in [3.8, 4) is 0 Å². The summed E-state index contributed by atoms with van der Waals surface area (Å²) in [4.78, 5) is 31.1. The van der Waals surface area contributed by atoms with Gasteiger partial charge in [-0.15, -0.1) is 0 Å². The smallest absolute Gasteiger partial charge is 0.303 e. The number of carbonyl (C=O) groups is 3. The zero-order valence-corrected chi connectivity index (χ0v) is 14.1. The fourth-order valence-electron chi connectivity index (χ4n) is 1.67. The molecule has 134 valence electrons. The highest BCUT2D eigenvalue weighted by Gasteiger charge is 2.23. The summed E-state index contributed by atoms with van der Waals surface area (Å²) >= 11 is 0. The van der Waals surface area contributed by atoms with Crippen LogP contribution >= 0.6 is 0 Å². The van der Waals surface area contributed by atoms with Crippen LogP contribution in [0.2, 0.25) is 0 Å². The van der Waals surface area contributed by atoms with E-state index < -0.39 is 11.9 Å². The molecule has 23 heavy (non-hydrogen) atoms. The minimum Gasteiger partial charge on any atom is -0.481 e. The zero-order valence-electron chi connectivity index (χ0n) is 14.1. The third kappa shape index (κ3) is 13.7. The minimum absolute atomic E-state index is 0.0375. The number of piperazine rings is 1. The largest absolute Gasteiger partial charge is 0.481 e. The Morgan fingerprint density at radius 1 is 1.13 bits per heavy atom. The Bertz CT molecular complexity index is 376. The van der Waals surface area contributed by atoms with Gasteiger partial charge in [-0.3, -0.25) is 14.4 Å². The van der Waals surface area contributed by atoms with E-state index in [4.69, 9.17) is 14.9 Å². The van der Waals surface area contributed by atoms with Crippen LogP contribution in [0, 0.1) is 0 Å². The molecule has 0 radical (unpaired) electrons. The Kier molecular flexibility index (Phi) is 10.2. The molecule has 1 atom stereocenters. The molecule has 0 aromatic heterocycles. The predicted molar refractivity (Wildman–Crippen MR) is 84.2 cm³/mol. The van der Waals surface area contributed by atoms with E-state index in [0.29, 0.717) is 26.0 Å². The number of nitrogens with one attached hydrogen (secondary N) is 2. The maximum Gasteiger partial charge on any atom is 0.303 e. The first-order chi connectivity index (χ1) is 10.6. The highest BCUT2D eigenvalue weighted by atomic mass is 16.5. The van der Waals surface area contributed by atoms with Crippen molar-refractivity contribution in [1.82, 2.24) is 10.6 Å². The summed E-state index contributed by atoms with van der Waals surface area (Å²) in [6.07, 6.45) is 1.02. The number of carboxylic acid groups (broad SMARTS) is 2. The van der Waals surface area contributed by atoms with E-state index in [1.807, 2.05) is 20.8 Å². The Labute approximate surface area is 136 Å². The molecule has 0 bridgehead atoms. The van der Waals surface area contributed by atoms with Crippen LogP contribution in [0.15, 0.2) is 0 Å². The van der Waals surface area contributed by atoms with E-state index in [9.17, 15) is 14.4 Å². The molecule has 1 aliphatic rings. The van der Waals surface area contributed by atoms with Crippen LogP contribution in [0.25, 0.3) is 0 Å². The monoisotopic (exact) mass is 332 g/mol. The number of aliphatic carboxylic acids is 2. The SMILES string of the molecule is CC(C)(C)OCC1NCCNC1=O.O=C(O)CCCCC(=O)O. The lowest BCUT2D eigenvalue weighted by Crippen LogP contribution is -2.55. The Balaban J connectivity index is 0.000000438. The standard InChI is InChI=1S/C9H18N2O2.C6H10O4/c1-9(2,3)13-6-7-8(12)11-5-4-10-7;7-5(8)3-1-2-4-6(9)10/h7,10H,4-6H2,1-3H3,(H,11,12);1-4H2,(H,7,8)(H,9,10). The number of unbranched alkanes of at least 4 members (excludes halogenated alkanes) is 1. The summed E-state index contributed by atoms with van der Waals surface area (Å²) in [6, 6.07) is -0.187. The van der Waals surface area contributed by atoms with Crippen molar-refractivity contribution in [2.45, 2.75) is 58.1 Å². The molecule has 1 saturated heterocycles. The lowest BCUT2D eigenvalue weighted by molar-refractivity contribution is -0.139. The molecule has 1 rings (SSSR count). The van der Waals surface area contributed by atoms with Crippen molar-refractivity contribution >= 4 is 17.8 Å². The summed E-state index contributed by atoms with van der Waals surface area (Å²) in [5.74, 6) is -1.70. The predicted octanol–water partition coefficient (Wildman–Crippen LogP) is 0.606. The van der Waals surface area contributed by atoms with Crippen molar-refractivity contribution in [1.29, 1.82) is 0 Å². The van der Waals surface area contributed by atoms with Gasteiger partial charge in [0.2, 0.25) is 5.91 Å². The van der Waals surface area contributed by atoms with Crippen molar-refractivity contribution in [2.75, 3.05) is 19.7 Å². The van der Waals surface area contributed by atoms with Crippen LogP contribution < -0.4 is 10.6 Å². The molecule has 1 unspecified atom stereocenters. The van der Waals surface area contributed by atoms with Crippen LogP contribution in [0.1, 0.15) is 46.5 Å². The van der Waals surface area contributed by atoms with Gasteiger partial charge in [0.1, 0.15) is 6.04 Å². The number of hydrogen-bond donors (Lipinski definition) is 4. The molecule has 0 saturated carbocycles. The van der Waals surface area contributed by atoms with Gasteiger partial charge < -0.3 is 25.6 Å². The fraction of sp³-hybridized carbons (Fsp3) is 0.800. The molecule has 0 spiro atoms. The number of amides is 1. The van der Waals surface area contributed by atoms with E-state index in [-0.39, 0.29) is 30.4 Å². The molecule has 4 N–H and O–H groups in total. The molecular formula is C15H28N2O6. The second-order valence-corrected chi connectivity index (χ2v) is 6.22. The van der Waals surface area contributed by atoms with Gasteiger partial charge in [0.15, 0.2) is 0 Å². The lowest BCUT2D eigenvalue weighted by Gasteiger charge is -2.27. The second kappa shape index (κ2) is 11.0. The molecule has 1 aliphatic heterocycles. The number of ether oxygens (including phenoxy) is 1. The maximum absolute atomic E-state index is 11.3. The molecule has 0 aromatic rings. The fourth-order valence-corrected chi connectivity index (χ4v) is 1.67. The van der Waals surface area contributed by atoms with Gasteiger partial charge in [0.25, 0.3) is 0 Å². The van der Waals surface area contributed by atoms with Gasteiger partial charge in [0, 0.05) is 25.9 Å². The Morgan fingerprint density at radius 2 is 1.65 bits per heavy atom. The van der Waals surface area contributed by atoms with Gasteiger partial charge in [-0.1, -0.05) is 0 Å². The molecule has 1 fully saturated rings. The number of hydrogen-bond acceptors (Lipinski definition) is 5. The lowest BCUT2D eigenvalue weighted by atomic mass is 10.2. The van der Waals surface area contributed by atoms with Crippen molar-refractivity contribution in [2.24, 2.45) is 0 Å². The Hall–Kier alpha value is -1.67. The van der Waals surface area contributed by atoms with Crippen LogP contribution in [0.4, 0.5) is 0 Å². The van der Waals surface area contributed by atoms with Crippen LogP contribution in [-0.4, -0.2) is 59.4 Å². The first-order valence-electron chi connectivity index (χ1n) is 7.70. The third-order valence-corrected chi connectivity index (χ3v) is 2.85. The first-order valence-corrected chi connectivity index (χ1v) is 7.70. The summed E-state index contributed by atoms with van der Waals surface area (Å²) in [6.45, 7) is 7.92. The quantitative estimate of drug-likeness (QED) is 0.503. The minimum atomic E-state index is -0.870. The highest BCUT2D eigenvalue weighted by molar-refractivity contribution is 5.82. The van der Waals surface area contributed by atoms with Crippen molar-refractivity contribution in [3.05, 3.63) is 0 Å². The van der Waals surface area contributed by atoms with Gasteiger partial charge in [-0.05, 0) is 33.6 Å². The summed E-state index contributed by atoms with van der Waals surface area (Å²) < 4.78 is 5.52. The summed E-state index contributed by atoms with van der Waals surface area (Å²) in [5, 5.41) is 22.2. The topological polar surface area (TPSA) is 125 Å². The zero-order chi connectivity index (χ0) is 17.9. The maximum atomic E-state index is 11.3. The molecule has 0 aromatic carbocycles. The van der Waals surface area contributed by atoms with E-state index in [0.717, 1.165) is 6.54 Å². The van der Waals surface area contributed by atoms with Crippen molar-refractivity contribution < 1.29 is 29.3 Å². The van der Waals surface area contributed by atoms with E-state index in [1.54, 1.807) is 0 Å². The van der Waals surface area contributed by atoms with Gasteiger partial charge in [-0.25, -0.2) is 0 Å². The van der Waals surface area contributed by atoms with Crippen molar-refractivity contribution in [3.63, 3.8) is 0 Å².